The Morgan fingerprint density at radius 1 is 0.340 bits per heavy atom. The van der Waals surface area contributed by atoms with E-state index in [0.717, 1.165) is 269 Å². The average molecular weight is 2040 g/mol. The van der Waals surface area contributed by atoms with Crippen LogP contribution in [0.15, 0.2) is 156 Å². The third-order valence-corrected chi connectivity index (χ3v) is 33.7. The van der Waals surface area contributed by atoms with E-state index in [9.17, 15) is 4.39 Å². The van der Waals surface area contributed by atoms with Crippen LogP contribution >= 0.6 is 27.5 Å². The van der Waals surface area contributed by atoms with Gasteiger partial charge in [-0.2, -0.15) is 0 Å². The van der Waals surface area contributed by atoms with Crippen molar-refractivity contribution in [2.24, 2.45) is 0 Å². The molecule has 0 radical (unpaired) electrons. The third-order valence-electron chi connectivity index (χ3n) is 32.7. The van der Waals surface area contributed by atoms with Crippen molar-refractivity contribution in [2.75, 3.05) is 53.4 Å². The van der Waals surface area contributed by atoms with Gasteiger partial charge in [0.2, 0.25) is 0 Å². The van der Waals surface area contributed by atoms with Crippen LogP contribution in [0.4, 0.5) is 4.39 Å². The first-order chi connectivity index (χ1) is 69.9. The van der Waals surface area contributed by atoms with E-state index in [1.807, 2.05) is 42.5 Å². The minimum Gasteiger partial charge on any atom is -0.497 e. The van der Waals surface area contributed by atoms with Crippen LogP contribution in [0.5, 0.6) is 5.75 Å². The molecule has 7 aliphatic rings. The molecule has 0 saturated carbocycles. The highest BCUT2D eigenvalue weighted by Crippen LogP contribution is 2.52. The minimum absolute atomic E-state index is 0.0880. The van der Waals surface area contributed by atoms with E-state index in [-0.39, 0.29) is 45.0 Å². The Hall–Kier alpha value is -9.68. The van der Waals surface area contributed by atoms with E-state index in [0.29, 0.717) is 11.4 Å². The molecule has 14 heterocycles. The zero-order valence-corrected chi connectivity index (χ0v) is 92.0. The van der Waals surface area contributed by atoms with Crippen LogP contribution < -0.4 is 4.74 Å². The third kappa shape index (κ3) is 20.8. The summed E-state index contributed by atoms with van der Waals surface area (Å²) in [5.41, 5.74) is 31.8. The summed E-state index contributed by atoms with van der Waals surface area (Å²) in [6, 6.07) is 52.3. The first-order valence-electron chi connectivity index (χ1n) is 54.9. The second-order valence-corrected chi connectivity index (χ2v) is 42.7. The highest BCUT2D eigenvalue weighted by atomic mass is 79.9. The first-order valence-corrected chi connectivity index (χ1v) is 56.1. The van der Waals surface area contributed by atoms with Crippen molar-refractivity contribution < 1.29 is 42.3 Å². The summed E-state index contributed by atoms with van der Waals surface area (Å²) in [7, 11) is 1.72. The number of methoxy groups -OCH3 is 1. The molecule has 18 heteroatoms. The average Bonchev–Trinajstić information content (AvgIpc) is 1.57. The molecule has 0 aliphatic carbocycles. The largest absolute Gasteiger partial charge is 0.497 e. The van der Waals surface area contributed by atoms with Gasteiger partial charge in [-0.15, -0.1) is 0 Å². The van der Waals surface area contributed by atoms with Crippen molar-refractivity contribution in [2.45, 2.75) is 350 Å². The first kappa shape index (κ1) is 107. The maximum Gasteiger partial charge on any atom is 0.147 e. The fraction of sp³-hybridized carbons (Fsp3) is 0.492. The number of rotatable bonds is 23. The van der Waals surface area contributed by atoms with Gasteiger partial charge in [0.15, 0.2) is 0 Å². The molecule has 0 spiro atoms. The van der Waals surface area contributed by atoms with Crippen LogP contribution in [-0.4, -0.2) is 88.2 Å². The van der Waals surface area contributed by atoms with Crippen molar-refractivity contribution in [3.63, 3.8) is 0 Å². The monoisotopic (exact) mass is 2030 g/mol. The molecular weight excluding hydrogens is 1870 g/mol. The lowest BCUT2D eigenvalue weighted by atomic mass is 9.85. The quantitative estimate of drug-likeness (QED) is 0.0309. The Balaban J connectivity index is 0.000000121. The summed E-state index contributed by atoms with van der Waals surface area (Å²) < 4.78 is 63.9. The molecule has 7 aliphatic heterocycles. The molecule has 7 aromatic heterocycles. The number of hydrogen-bond donors (Lipinski definition) is 7. The molecule has 768 valence electrons. The fourth-order valence-electron chi connectivity index (χ4n) is 25.2. The van der Waals surface area contributed by atoms with Gasteiger partial charge in [0.25, 0.3) is 0 Å². The van der Waals surface area contributed by atoms with Gasteiger partial charge in [0.05, 0.1) is 120 Å². The molecule has 15 nitrogen and oxygen atoms in total. The molecule has 7 N–H and O–H groups in total. The molecule has 22 rings (SSSR count). The van der Waals surface area contributed by atoms with E-state index in [1.54, 1.807) is 13.2 Å². The zero-order chi connectivity index (χ0) is 102. The number of aromatic nitrogens is 7. The number of ether oxygens (including phenoxy) is 8. The number of aromatic amines is 7. The Morgan fingerprint density at radius 3 is 1.10 bits per heavy atom. The Bertz CT molecular complexity index is 6550. The number of halogens is 3. The summed E-state index contributed by atoms with van der Waals surface area (Å²) in [4.78, 5) is 25.2. The number of hydrogen-bond acceptors (Lipinski definition) is 8. The van der Waals surface area contributed by atoms with Crippen LogP contribution in [0.3, 0.4) is 0 Å². The summed E-state index contributed by atoms with van der Waals surface area (Å²) in [5, 5.41) is 9.85. The van der Waals surface area contributed by atoms with Crippen LogP contribution in [0.25, 0.3) is 76.3 Å². The van der Waals surface area contributed by atoms with Gasteiger partial charge in [-0.05, 0) is 293 Å². The Labute approximate surface area is 869 Å². The van der Waals surface area contributed by atoms with Crippen LogP contribution in [0.2, 0.25) is 5.02 Å². The van der Waals surface area contributed by atoms with Gasteiger partial charge in [-0.1, -0.05) is 264 Å². The van der Waals surface area contributed by atoms with Crippen LogP contribution in [0, 0.1) is 31.5 Å². The van der Waals surface area contributed by atoms with Crippen molar-refractivity contribution in [1.82, 2.24) is 34.9 Å². The fourth-order valence-corrected chi connectivity index (χ4v) is 25.9. The van der Waals surface area contributed by atoms with E-state index >= 15 is 0 Å². The molecule has 0 fully saturated rings. The van der Waals surface area contributed by atoms with E-state index < -0.39 is 0 Å². The van der Waals surface area contributed by atoms with E-state index in [2.05, 4.69) is 284 Å². The van der Waals surface area contributed by atoms with Crippen LogP contribution in [0.1, 0.15) is 358 Å². The van der Waals surface area contributed by atoms with Crippen LogP contribution in [-0.2, 0) is 117 Å². The van der Waals surface area contributed by atoms with Gasteiger partial charge in [0.1, 0.15) is 50.8 Å². The highest BCUT2D eigenvalue weighted by molar-refractivity contribution is 9.10. The molecule has 7 unspecified atom stereocenters. The standard InChI is InChI=1S/C27H31NO.C17H23NO2.2C17H23NO.C16H20BrNO.C16H20ClNO.C16H20FNO/c1-5-15-27(6-2)26-23(14-16-29-27)24-18-22(19(3)4)17-21(25(24)28-26)13-12-20-10-8-7-9-11-20;1-4-9-17(5-2)16-13(8-10-20-17)14-11-12(19-3)6-7-15(14)18-16;1-4-9-17(5-2)16-13(8-10-19-17)14-11-12(3)6-7-15(14)18-16;1-4-10-17(5-2)16-14(9-11-19-17)13-8-6-7-12(3)15(13)18-16;3*1-3-9-16(4-2)15-12(8-10-19-16)11-6-5-7-13(17)14(11)18-15/h7-11,17-19,28H,5-6,14-16H2,1-4H3;6-7,11,18H,4-5,8-10H2,1-3H3;6-7,11,18H,4-5,8-10H2,1-3H3;6-8,18H,4-5,9-11H2,1-3H3;3*5-7,18H,3-4,8-10H2,1-2H3. The maximum atomic E-state index is 13.9. The molecule has 0 amide bonds. The number of H-pyrrole nitrogens is 7. The Kier molecular flexibility index (Phi) is 34.8. The van der Waals surface area contributed by atoms with Crippen molar-refractivity contribution in [3.05, 3.63) is 274 Å². The number of fused-ring (bicyclic) bond motifs is 21. The number of benzene rings is 8. The summed E-state index contributed by atoms with van der Waals surface area (Å²) in [6.07, 6.45) is 29.2. The predicted molar refractivity (Wildman–Crippen MR) is 599 cm³/mol. The molecule has 8 aromatic carbocycles. The molecule has 0 bridgehead atoms. The van der Waals surface area contributed by atoms with Crippen molar-refractivity contribution in [1.29, 1.82) is 0 Å². The van der Waals surface area contributed by atoms with Crippen molar-refractivity contribution in [3.8, 4) is 17.6 Å². The second-order valence-electron chi connectivity index (χ2n) is 41.4. The van der Waals surface area contributed by atoms with Gasteiger partial charge >= 0.3 is 0 Å². The highest BCUT2D eigenvalue weighted by Gasteiger charge is 2.46. The minimum atomic E-state index is -0.256. The molecule has 144 heavy (non-hydrogen) atoms. The second kappa shape index (κ2) is 46.8. The lowest BCUT2D eigenvalue weighted by molar-refractivity contribution is -0.0725. The number of nitrogens with one attached hydrogen (secondary N) is 7. The summed E-state index contributed by atoms with van der Waals surface area (Å²) in [6.45, 7) is 45.6. The lowest BCUT2D eigenvalue weighted by Crippen LogP contribution is -2.35. The van der Waals surface area contributed by atoms with Crippen molar-refractivity contribution >= 4 is 104 Å². The molecule has 0 saturated heterocycles. The molecular formula is C126H160BrClFN7O8. The topological polar surface area (TPSA) is 184 Å². The summed E-state index contributed by atoms with van der Waals surface area (Å²) >= 11 is 9.97. The SMILES string of the molecule is CCCC1(CC)OCCc2c1[nH]c1c(Br)cccc21.CCCC1(CC)OCCc2c1[nH]c1c(C#Cc3ccccc3)cc(C(C)C)cc21.CCCC1(CC)OCCc2c1[nH]c1c(C)cccc21.CCCC1(CC)OCCc2c1[nH]c1c(Cl)cccc21.CCCC1(CC)OCCc2c1[nH]c1c(F)cccc21.CCCC1(CC)OCCc2c1[nH]c1ccc(C)cc21.CCCC1(CC)OCCc2c1[nH]c1ccc(OC)cc21. The zero-order valence-electron chi connectivity index (χ0n) is 89.7. The van der Waals surface area contributed by atoms with Gasteiger partial charge in [-0.25, -0.2) is 4.39 Å². The van der Waals surface area contributed by atoms with Gasteiger partial charge in [-0.3, -0.25) is 0 Å². The maximum absolute atomic E-state index is 13.9. The molecule has 15 aromatic rings. The summed E-state index contributed by atoms with van der Waals surface area (Å²) in [5.74, 6) is 8.04. The predicted octanol–water partition coefficient (Wildman–Crippen LogP) is 33.7. The lowest BCUT2D eigenvalue weighted by Gasteiger charge is -2.36. The van der Waals surface area contributed by atoms with E-state index in [1.165, 1.54) is 156 Å². The normalized spacial score (nSPS) is 21.7. The van der Waals surface area contributed by atoms with Gasteiger partial charge in [0, 0.05) is 69.9 Å². The molecule has 7 atom stereocenters. The number of para-hydroxylation sites is 4. The smallest absolute Gasteiger partial charge is 0.147 e. The number of aryl methyl sites for hydroxylation is 2. The van der Waals surface area contributed by atoms with E-state index in [4.69, 9.17) is 49.5 Å². The van der Waals surface area contributed by atoms with Gasteiger partial charge < -0.3 is 72.8 Å². The Morgan fingerprint density at radius 2 is 0.681 bits per heavy atom.